The van der Waals surface area contributed by atoms with Gasteiger partial charge in [-0.3, -0.25) is 0 Å². The smallest absolute Gasteiger partial charge is 0.0803 e. The monoisotopic (exact) mass is 227 g/mol. The molecule has 86 valence electrons. The lowest BCUT2D eigenvalue weighted by atomic mass is 10.0. The van der Waals surface area contributed by atoms with Crippen LogP contribution in [0.25, 0.3) is 0 Å². The van der Waals surface area contributed by atoms with Gasteiger partial charge in [-0.05, 0) is 36.7 Å². The van der Waals surface area contributed by atoms with Crippen molar-refractivity contribution in [3.8, 4) is 0 Å². The first-order chi connectivity index (χ1) is 7.15. The normalized spacial score (nSPS) is 13.4. The molecule has 1 unspecified atom stereocenters. The second-order valence-electron chi connectivity index (χ2n) is 4.41. The van der Waals surface area contributed by atoms with Crippen LogP contribution in [-0.4, -0.2) is 9.59 Å². The zero-order chi connectivity index (χ0) is 11.3. The molecule has 0 aliphatic carbocycles. The van der Waals surface area contributed by atoms with Gasteiger partial charge in [-0.2, -0.15) is 0 Å². The second kappa shape index (κ2) is 6.18. The van der Waals surface area contributed by atoms with Gasteiger partial charge in [0.05, 0.1) is 10.6 Å². The molecule has 1 atom stereocenters. The van der Waals surface area contributed by atoms with E-state index in [-0.39, 0.29) is 6.04 Å². The Bertz CT molecular complexity index is 283. The number of hydrogen-bond acceptors (Lipinski definition) is 4. The Balaban J connectivity index is 2.56. The van der Waals surface area contributed by atoms with Gasteiger partial charge in [0.1, 0.15) is 0 Å². The van der Waals surface area contributed by atoms with Crippen LogP contribution in [0.1, 0.15) is 56.6 Å². The molecular formula is C11H21N3S. The number of rotatable bonds is 6. The fraction of sp³-hybridized carbons (Fsp3) is 0.818. The summed E-state index contributed by atoms with van der Waals surface area (Å²) >= 11 is 1.46. The third-order valence-electron chi connectivity index (χ3n) is 2.46. The van der Waals surface area contributed by atoms with Crippen LogP contribution in [0.2, 0.25) is 0 Å². The summed E-state index contributed by atoms with van der Waals surface area (Å²) in [5, 5.41) is 4.14. The molecule has 1 aromatic rings. The van der Waals surface area contributed by atoms with Crippen molar-refractivity contribution < 1.29 is 0 Å². The molecule has 0 aromatic carbocycles. The molecule has 1 aromatic heterocycles. The molecule has 0 saturated carbocycles. The first kappa shape index (κ1) is 12.6. The summed E-state index contributed by atoms with van der Waals surface area (Å²) in [4.78, 5) is 1.19. The summed E-state index contributed by atoms with van der Waals surface area (Å²) in [5.41, 5.74) is 7.26. The van der Waals surface area contributed by atoms with E-state index in [0.717, 1.165) is 25.0 Å². The third-order valence-corrected chi connectivity index (χ3v) is 3.36. The summed E-state index contributed by atoms with van der Waals surface area (Å²) in [5.74, 6) is 0.714. The number of aromatic nitrogens is 2. The Kier molecular flexibility index (Phi) is 5.19. The fourth-order valence-electron chi connectivity index (χ4n) is 1.55. The highest BCUT2D eigenvalue weighted by Crippen LogP contribution is 2.24. The van der Waals surface area contributed by atoms with Gasteiger partial charge in [0.2, 0.25) is 0 Å². The van der Waals surface area contributed by atoms with Gasteiger partial charge in [0, 0.05) is 6.04 Å². The van der Waals surface area contributed by atoms with Gasteiger partial charge in [-0.25, -0.2) is 0 Å². The van der Waals surface area contributed by atoms with E-state index in [4.69, 9.17) is 5.73 Å². The van der Waals surface area contributed by atoms with E-state index in [9.17, 15) is 0 Å². The first-order valence-electron chi connectivity index (χ1n) is 5.71. The van der Waals surface area contributed by atoms with Crippen LogP contribution in [0.3, 0.4) is 0 Å². The van der Waals surface area contributed by atoms with Crippen LogP contribution < -0.4 is 5.73 Å². The minimum Gasteiger partial charge on any atom is -0.323 e. The first-order valence-corrected chi connectivity index (χ1v) is 6.49. The standard InChI is InChI=1S/C11H21N3S/c1-4-5-10-11(15-14-13-10)9(12)7-6-8(2)3/h8-9H,4-7,12H2,1-3H3. The molecule has 4 heteroatoms. The molecule has 2 N–H and O–H groups in total. The zero-order valence-corrected chi connectivity index (χ0v) is 10.7. The van der Waals surface area contributed by atoms with Crippen molar-refractivity contribution in [3.63, 3.8) is 0 Å². The molecule has 0 spiro atoms. The van der Waals surface area contributed by atoms with Crippen molar-refractivity contribution in [3.05, 3.63) is 10.6 Å². The van der Waals surface area contributed by atoms with Gasteiger partial charge in [0.15, 0.2) is 0 Å². The average Bonchev–Trinajstić information content (AvgIpc) is 2.63. The van der Waals surface area contributed by atoms with E-state index < -0.39 is 0 Å². The van der Waals surface area contributed by atoms with Crippen LogP contribution in [0, 0.1) is 5.92 Å². The van der Waals surface area contributed by atoms with E-state index in [1.165, 1.54) is 22.8 Å². The van der Waals surface area contributed by atoms with Crippen LogP contribution in [-0.2, 0) is 6.42 Å². The number of hydrogen-bond donors (Lipinski definition) is 1. The highest BCUT2D eigenvalue weighted by atomic mass is 32.1. The summed E-state index contributed by atoms with van der Waals surface area (Å²) in [6.07, 6.45) is 4.32. The van der Waals surface area contributed by atoms with Gasteiger partial charge >= 0.3 is 0 Å². The number of nitrogens with zero attached hydrogens (tertiary/aromatic N) is 2. The minimum absolute atomic E-state index is 0.133. The lowest BCUT2D eigenvalue weighted by Gasteiger charge is -2.11. The van der Waals surface area contributed by atoms with Crippen molar-refractivity contribution in [1.82, 2.24) is 9.59 Å². The average molecular weight is 227 g/mol. The molecule has 1 heterocycles. The molecule has 0 aliphatic rings. The molecule has 0 radical (unpaired) electrons. The zero-order valence-electron chi connectivity index (χ0n) is 9.86. The van der Waals surface area contributed by atoms with E-state index in [1.54, 1.807) is 0 Å². The fourth-order valence-corrected chi connectivity index (χ4v) is 2.28. The molecular weight excluding hydrogens is 206 g/mol. The van der Waals surface area contributed by atoms with Crippen LogP contribution >= 0.6 is 11.5 Å². The topological polar surface area (TPSA) is 51.8 Å². The lowest BCUT2D eigenvalue weighted by Crippen LogP contribution is -2.11. The Morgan fingerprint density at radius 2 is 2.07 bits per heavy atom. The molecule has 0 bridgehead atoms. The SMILES string of the molecule is CCCc1nnsc1C(N)CCC(C)C. The summed E-state index contributed by atoms with van der Waals surface area (Å²) < 4.78 is 4.00. The van der Waals surface area contributed by atoms with E-state index >= 15 is 0 Å². The van der Waals surface area contributed by atoms with Crippen molar-refractivity contribution in [2.75, 3.05) is 0 Å². The molecule has 0 aliphatic heterocycles. The van der Waals surface area contributed by atoms with Crippen molar-refractivity contribution in [1.29, 1.82) is 0 Å². The second-order valence-corrected chi connectivity index (χ2v) is 5.20. The molecule has 3 nitrogen and oxygen atoms in total. The van der Waals surface area contributed by atoms with Gasteiger partial charge < -0.3 is 5.73 Å². The third kappa shape index (κ3) is 3.87. The largest absolute Gasteiger partial charge is 0.323 e. The van der Waals surface area contributed by atoms with E-state index in [0.29, 0.717) is 5.92 Å². The van der Waals surface area contributed by atoms with E-state index in [1.807, 2.05) is 0 Å². The predicted molar refractivity (Wildman–Crippen MR) is 64.9 cm³/mol. The maximum Gasteiger partial charge on any atom is 0.0803 e. The number of aryl methyl sites for hydroxylation is 1. The molecule has 15 heavy (non-hydrogen) atoms. The molecule has 1 rings (SSSR count). The quantitative estimate of drug-likeness (QED) is 0.813. The Hall–Kier alpha value is -0.480. The van der Waals surface area contributed by atoms with Crippen molar-refractivity contribution >= 4 is 11.5 Å². The Morgan fingerprint density at radius 1 is 1.33 bits per heavy atom. The van der Waals surface area contributed by atoms with Gasteiger partial charge in [-0.15, -0.1) is 5.10 Å². The Morgan fingerprint density at radius 3 is 2.67 bits per heavy atom. The van der Waals surface area contributed by atoms with Gasteiger partial charge in [-0.1, -0.05) is 31.7 Å². The highest BCUT2D eigenvalue weighted by Gasteiger charge is 2.15. The molecule has 0 amide bonds. The summed E-state index contributed by atoms with van der Waals surface area (Å²) in [6, 6.07) is 0.133. The maximum atomic E-state index is 6.15. The summed E-state index contributed by atoms with van der Waals surface area (Å²) in [6.45, 7) is 6.61. The summed E-state index contributed by atoms with van der Waals surface area (Å²) in [7, 11) is 0. The molecule has 0 fully saturated rings. The van der Waals surface area contributed by atoms with E-state index in [2.05, 4.69) is 30.4 Å². The van der Waals surface area contributed by atoms with Crippen LogP contribution in [0.15, 0.2) is 0 Å². The minimum atomic E-state index is 0.133. The lowest BCUT2D eigenvalue weighted by molar-refractivity contribution is 0.508. The van der Waals surface area contributed by atoms with Gasteiger partial charge in [0.25, 0.3) is 0 Å². The van der Waals surface area contributed by atoms with Crippen LogP contribution in [0.5, 0.6) is 0 Å². The highest BCUT2D eigenvalue weighted by molar-refractivity contribution is 7.05. The van der Waals surface area contributed by atoms with Crippen molar-refractivity contribution in [2.45, 2.75) is 52.5 Å². The number of nitrogens with two attached hydrogens (primary N) is 1. The predicted octanol–water partition coefficient (Wildman–Crippen LogP) is 2.93. The van der Waals surface area contributed by atoms with Crippen LogP contribution in [0.4, 0.5) is 0 Å². The Labute approximate surface area is 96.2 Å². The van der Waals surface area contributed by atoms with Crippen molar-refractivity contribution in [2.24, 2.45) is 11.7 Å². The maximum absolute atomic E-state index is 6.15. The molecule has 0 saturated heterocycles.